The van der Waals surface area contributed by atoms with Crippen LogP contribution in [0, 0.1) is 0 Å². The Morgan fingerprint density at radius 3 is 2.57 bits per heavy atom. The summed E-state index contributed by atoms with van der Waals surface area (Å²) in [5, 5.41) is 3.68. The van der Waals surface area contributed by atoms with Gasteiger partial charge in [-0.2, -0.15) is 0 Å². The van der Waals surface area contributed by atoms with E-state index in [0.29, 0.717) is 47.6 Å². The number of carbonyl (C=O) groups excluding carboxylic acids is 2. The molecule has 0 aromatic heterocycles. The van der Waals surface area contributed by atoms with Crippen molar-refractivity contribution in [1.82, 2.24) is 9.80 Å². The van der Waals surface area contributed by atoms with Gasteiger partial charge in [0.25, 0.3) is 5.91 Å². The van der Waals surface area contributed by atoms with Crippen LogP contribution in [-0.4, -0.2) is 55.1 Å². The van der Waals surface area contributed by atoms with Crippen LogP contribution in [0.2, 0.25) is 10.0 Å². The second kappa shape index (κ2) is 9.28. The zero-order valence-corrected chi connectivity index (χ0v) is 17.0. The van der Waals surface area contributed by atoms with Crippen molar-refractivity contribution in [2.24, 2.45) is 0 Å². The summed E-state index contributed by atoms with van der Waals surface area (Å²) in [4.78, 5) is 28.7. The van der Waals surface area contributed by atoms with E-state index in [4.69, 9.17) is 27.9 Å². The minimum absolute atomic E-state index is 0.125. The molecular weight excluding hydrogens is 401 g/mol. The lowest BCUT2D eigenvalue weighted by atomic mass is 10.1. The van der Waals surface area contributed by atoms with E-state index in [9.17, 15) is 9.59 Å². The molecule has 148 valence electrons. The molecule has 1 heterocycles. The van der Waals surface area contributed by atoms with Crippen molar-refractivity contribution in [3.8, 4) is 0 Å². The van der Waals surface area contributed by atoms with Crippen molar-refractivity contribution in [2.45, 2.75) is 6.54 Å². The van der Waals surface area contributed by atoms with Crippen molar-refractivity contribution in [3.05, 3.63) is 63.6 Å². The van der Waals surface area contributed by atoms with E-state index >= 15 is 0 Å². The Morgan fingerprint density at radius 2 is 1.82 bits per heavy atom. The summed E-state index contributed by atoms with van der Waals surface area (Å²) in [7, 11) is 1.65. The molecule has 6 nitrogen and oxygen atoms in total. The lowest BCUT2D eigenvalue weighted by Gasteiger charge is -2.28. The number of nitrogens with one attached hydrogen (secondary N) is 1. The minimum Gasteiger partial charge on any atom is -0.378 e. The Labute approximate surface area is 174 Å². The van der Waals surface area contributed by atoms with E-state index in [1.54, 1.807) is 48.3 Å². The Morgan fingerprint density at radius 1 is 1.11 bits per heavy atom. The number of benzene rings is 2. The van der Waals surface area contributed by atoms with Crippen molar-refractivity contribution in [2.75, 3.05) is 38.7 Å². The fourth-order valence-electron chi connectivity index (χ4n) is 2.92. The molecule has 1 fully saturated rings. The molecule has 2 aromatic rings. The number of halogens is 2. The molecule has 0 atom stereocenters. The summed E-state index contributed by atoms with van der Waals surface area (Å²) in [6.07, 6.45) is 0. The van der Waals surface area contributed by atoms with Crippen molar-refractivity contribution in [3.63, 3.8) is 0 Å². The number of ether oxygens (including phenoxy) is 1. The van der Waals surface area contributed by atoms with E-state index in [1.807, 2.05) is 6.07 Å². The van der Waals surface area contributed by atoms with E-state index in [1.165, 1.54) is 4.90 Å². The van der Waals surface area contributed by atoms with Gasteiger partial charge < -0.3 is 19.9 Å². The van der Waals surface area contributed by atoms with Gasteiger partial charge in [0.1, 0.15) is 0 Å². The molecule has 0 bridgehead atoms. The molecule has 1 saturated heterocycles. The van der Waals surface area contributed by atoms with Crippen molar-refractivity contribution < 1.29 is 14.3 Å². The third-order valence-electron chi connectivity index (χ3n) is 4.48. The van der Waals surface area contributed by atoms with Crippen LogP contribution in [0.5, 0.6) is 0 Å². The summed E-state index contributed by atoms with van der Waals surface area (Å²) in [6.45, 7) is 2.39. The average molecular weight is 422 g/mol. The fraction of sp³-hybridized carbons (Fsp3) is 0.300. The SMILES string of the molecule is CN(Cc1cccc(Cl)c1Cl)C(=O)Nc1ccccc1C(=O)N1CCOCC1. The Bertz CT molecular complexity index is 870. The molecule has 0 spiro atoms. The first-order chi connectivity index (χ1) is 13.5. The largest absolute Gasteiger partial charge is 0.378 e. The third-order valence-corrected chi connectivity index (χ3v) is 5.34. The van der Waals surface area contributed by atoms with E-state index < -0.39 is 0 Å². The van der Waals surface area contributed by atoms with Crippen LogP contribution in [0.3, 0.4) is 0 Å². The van der Waals surface area contributed by atoms with Crippen LogP contribution < -0.4 is 5.32 Å². The number of hydrogen-bond acceptors (Lipinski definition) is 3. The van der Waals surface area contributed by atoms with Gasteiger partial charge in [-0.1, -0.05) is 47.5 Å². The van der Waals surface area contributed by atoms with E-state index in [0.717, 1.165) is 5.56 Å². The number of rotatable bonds is 4. The number of amides is 3. The predicted octanol–water partition coefficient (Wildman–Crippen LogP) is 4.13. The van der Waals surface area contributed by atoms with Gasteiger partial charge in [-0.25, -0.2) is 4.79 Å². The number of anilines is 1. The number of morpholine rings is 1. The van der Waals surface area contributed by atoms with Gasteiger partial charge in [-0.05, 0) is 23.8 Å². The van der Waals surface area contributed by atoms with Crippen LogP contribution in [0.15, 0.2) is 42.5 Å². The molecule has 3 rings (SSSR count). The molecule has 1 aliphatic rings. The smallest absolute Gasteiger partial charge is 0.321 e. The molecule has 0 unspecified atom stereocenters. The predicted molar refractivity (Wildman–Crippen MR) is 110 cm³/mol. The van der Waals surface area contributed by atoms with Gasteiger partial charge in [0, 0.05) is 26.7 Å². The zero-order valence-electron chi connectivity index (χ0n) is 15.5. The fourth-order valence-corrected chi connectivity index (χ4v) is 3.30. The minimum atomic E-state index is -0.349. The maximum Gasteiger partial charge on any atom is 0.321 e. The number of para-hydroxylation sites is 1. The maximum absolute atomic E-state index is 12.8. The molecular formula is C20H21Cl2N3O3. The highest BCUT2D eigenvalue weighted by Crippen LogP contribution is 2.26. The zero-order chi connectivity index (χ0) is 20.1. The number of urea groups is 1. The monoisotopic (exact) mass is 421 g/mol. The van der Waals surface area contributed by atoms with Crippen LogP contribution >= 0.6 is 23.2 Å². The topological polar surface area (TPSA) is 61.9 Å². The van der Waals surface area contributed by atoms with E-state index in [-0.39, 0.29) is 18.5 Å². The highest BCUT2D eigenvalue weighted by Gasteiger charge is 2.22. The molecule has 28 heavy (non-hydrogen) atoms. The van der Waals surface area contributed by atoms with Gasteiger partial charge in [-0.3, -0.25) is 4.79 Å². The first kappa shape index (κ1) is 20.5. The Kier molecular flexibility index (Phi) is 6.78. The van der Waals surface area contributed by atoms with Crippen molar-refractivity contribution in [1.29, 1.82) is 0 Å². The quantitative estimate of drug-likeness (QED) is 0.806. The average Bonchev–Trinajstić information content (AvgIpc) is 2.72. The second-order valence-electron chi connectivity index (χ2n) is 6.45. The summed E-state index contributed by atoms with van der Waals surface area (Å²) in [5.74, 6) is -0.125. The van der Waals surface area contributed by atoms with Gasteiger partial charge in [0.05, 0.1) is 34.5 Å². The maximum atomic E-state index is 12.8. The highest BCUT2D eigenvalue weighted by atomic mass is 35.5. The highest BCUT2D eigenvalue weighted by molar-refractivity contribution is 6.42. The van der Waals surface area contributed by atoms with Crippen molar-refractivity contribution >= 4 is 40.8 Å². The standard InChI is InChI=1S/C20H21Cl2N3O3/c1-24(13-14-5-4-7-16(21)18(14)22)20(27)23-17-8-3-2-6-15(17)19(26)25-9-11-28-12-10-25/h2-8H,9-13H2,1H3,(H,23,27). The third kappa shape index (κ3) is 4.76. The Balaban J connectivity index is 1.71. The summed E-state index contributed by atoms with van der Waals surface area (Å²) >= 11 is 12.2. The molecule has 1 N–H and O–H groups in total. The van der Waals surface area contributed by atoms with Crippen LogP contribution in [-0.2, 0) is 11.3 Å². The summed E-state index contributed by atoms with van der Waals surface area (Å²) in [5.41, 5.74) is 1.66. The number of nitrogens with zero attached hydrogens (tertiary/aromatic N) is 2. The lowest BCUT2D eigenvalue weighted by molar-refractivity contribution is 0.0303. The van der Waals surface area contributed by atoms with Gasteiger partial charge in [0.15, 0.2) is 0 Å². The van der Waals surface area contributed by atoms with Crippen LogP contribution in [0.25, 0.3) is 0 Å². The first-order valence-electron chi connectivity index (χ1n) is 8.88. The number of hydrogen-bond donors (Lipinski definition) is 1. The lowest BCUT2D eigenvalue weighted by Crippen LogP contribution is -2.41. The molecule has 8 heteroatoms. The van der Waals surface area contributed by atoms with Gasteiger partial charge >= 0.3 is 6.03 Å². The first-order valence-corrected chi connectivity index (χ1v) is 9.64. The molecule has 0 radical (unpaired) electrons. The van der Waals surface area contributed by atoms with E-state index in [2.05, 4.69) is 5.32 Å². The second-order valence-corrected chi connectivity index (χ2v) is 7.23. The molecule has 3 amide bonds. The van der Waals surface area contributed by atoms with Crippen LogP contribution in [0.4, 0.5) is 10.5 Å². The van der Waals surface area contributed by atoms with Gasteiger partial charge in [0.2, 0.25) is 0 Å². The molecule has 0 aliphatic carbocycles. The molecule has 0 saturated carbocycles. The Hall–Kier alpha value is -2.28. The van der Waals surface area contributed by atoms with Gasteiger partial charge in [-0.15, -0.1) is 0 Å². The molecule has 2 aromatic carbocycles. The normalized spacial score (nSPS) is 13.9. The summed E-state index contributed by atoms with van der Waals surface area (Å²) in [6, 6.07) is 11.9. The summed E-state index contributed by atoms with van der Waals surface area (Å²) < 4.78 is 5.30. The molecule has 1 aliphatic heterocycles. The number of carbonyl (C=O) groups is 2. The van der Waals surface area contributed by atoms with Crippen LogP contribution in [0.1, 0.15) is 15.9 Å².